The minimum atomic E-state index is -3.67. The van der Waals surface area contributed by atoms with Gasteiger partial charge in [0.1, 0.15) is 10.4 Å². The van der Waals surface area contributed by atoms with Gasteiger partial charge in [-0.3, -0.25) is 4.40 Å². The average molecular weight is 395 g/mol. The molecule has 0 unspecified atom stereocenters. The zero-order chi connectivity index (χ0) is 19.3. The first-order chi connectivity index (χ1) is 13.5. The molecule has 1 aliphatic carbocycles. The maximum Gasteiger partial charge on any atom is 0.210 e. The number of nitrogens with one attached hydrogen (secondary N) is 1. The van der Waals surface area contributed by atoms with E-state index in [9.17, 15) is 8.42 Å². The van der Waals surface area contributed by atoms with E-state index in [1.807, 2.05) is 23.6 Å². The molecular weight excluding hydrogens is 372 g/mol. The maximum atomic E-state index is 13.3. The third-order valence-electron chi connectivity index (χ3n) is 5.71. The molecule has 0 amide bonds. The number of nitrogens with zero attached hydrogens (tertiary/aromatic N) is 3. The van der Waals surface area contributed by atoms with Crippen LogP contribution in [0.2, 0.25) is 0 Å². The number of hydrogen-bond acceptors (Lipinski definition) is 4. The van der Waals surface area contributed by atoms with Gasteiger partial charge in [-0.1, -0.05) is 31.4 Å². The van der Waals surface area contributed by atoms with Crippen molar-refractivity contribution in [2.45, 2.75) is 54.7 Å². The summed E-state index contributed by atoms with van der Waals surface area (Å²) in [5.74, 6) is 0.444. The highest BCUT2D eigenvalue weighted by Crippen LogP contribution is 2.34. The molecule has 3 heterocycles. The first-order valence-electron chi connectivity index (χ1n) is 9.71. The number of aromatic nitrogens is 4. The van der Waals surface area contributed by atoms with E-state index < -0.39 is 9.84 Å². The van der Waals surface area contributed by atoms with Gasteiger partial charge in [0.2, 0.25) is 9.84 Å². The van der Waals surface area contributed by atoms with E-state index in [1.165, 1.54) is 25.5 Å². The Morgan fingerprint density at radius 1 is 1.18 bits per heavy atom. The minimum absolute atomic E-state index is 0.235. The maximum absolute atomic E-state index is 13.3. The van der Waals surface area contributed by atoms with Crippen LogP contribution in [0.1, 0.15) is 49.3 Å². The minimum Gasteiger partial charge on any atom is -0.343 e. The second-order valence-electron chi connectivity index (χ2n) is 7.66. The van der Waals surface area contributed by atoms with E-state index in [0.29, 0.717) is 22.7 Å². The van der Waals surface area contributed by atoms with Gasteiger partial charge >= 0.3 is 0 Å². The van der Waals surface area contributed by atoms with Crippen molar-refractivity contribution >= 4 is 26.6 Å². The molecule has 28 heavy (non-hydrogen) atoms. The van der Waals surface area contributed by atoms with Gasteiger partial charge in [0.25, 0.3) is 0 Å². The Bertz CT molecular complexity index is 1280. The van der Waals surface area contributed by atoms with Crippen molar-refractivity contribution in [1.82, 2.24) is 19.4 Å². The van der Waals surface area contributed by atoms with Gasteiger partial charge in [0, 0.05) is 18.3 Å². The van der Waals surface area contributed by atoms with E-state index in [0.717, 1.165) is 24.1 Å². The van der Waals surface area contributed by atoms with Gasteiger partial charge in [-0.2, -0.15) is 0 Å². The fraction of sp³-hybridized carbons (Fsp3) is 0.333. The van der Waals surface area contributed by atoms with Crippen LogP contribution in [0, 0.1) is 6.92 Å². The Morgan fingerprint density at radius 2 is 2.00 bits per heavy atom. The van der Waals surface area contributed by atoms with Gasteiger partial charge < -0.3 is 4.98 Å². The van der Waals surface area contributed by atoms with Crippen LogP contribution in [-0.4, -0.2) is 27.8 Å². The average Bonchev–Trinajstić information content (AvgIpc) is 3.33. The van der Waals surface area contributed by atoms with Gasteiger partial charge in [-0.25, -0.2) is 18.4 Å². The molecule has 1 aromatic carbocycles. The number of imidazole rings is 1. The van der Waals surface area contributed by atoms with Gasteiger partial charge in [0.15, 0.2) is 11.3 Å². The van der Waals surface area contributed by atoms with Crippen molar-refractivity contribution in [3.8, 4) is 0 Å². The molecule has 144 valence electrons. The smallest absolute Gasteiger partial charge is 0.210 e. The molecule has 0 atom stereocenters. The molecule has 1 saturated carbocycles. The predicted molar refractivity (Wildman–Crippen MR) is 107 cm³/mol. The molecule has 1 fully saturated rings. The zero-order valence-corrected chi connectivity index (χ0v) is 16.5. The Kier molecular flexibility index (Phi) is 4.01. The van der Waals surface area contributed by atoms with Crippen molar-refractivity contribution in [2.75, 3.05) is 0 Å². The fourth-order valence-electron chi connectivity index (χ4n) is 4.23. The molecule has 4 aromatic rings. The SMILES string of the molecule is Cc1cccc(S(=O)(=O)c2c[nH]c3ncc4nc(C5CCCCC5)cn4c23)c1. The third-order valence-corrected chi connectivity index (χ3v) is 7.48. The van der Waals surface area contributed by atoms with Crippen LogP contribution in [0.5, 0.6) is 0 Å². The number of benzene rings is 1. The van der Waals surface area contributed by atoms with E-state index in [4.69, 9.17) is 4.98 Å². The molecule has 1 N–H and O–H groups in total. The topological polar surface area (TPSA) is 80.1 Å². The summed E-state index contributed by atoms with van der Waals surface area (Å²) in [6.45, 7) is 1.89. The molecule has 1 aliphatic rings. The lowest BCUT2D eigenvalue weighted by molar-refractivity contribution is 0.438. The van der Waals surface area contributed by atoms with Crippen LogP contribution in [0.3, 0.4) is 0 Å². The van der Waals surface area contributed by atoms with Gasteiger partial charge in [0.05, 0.1) is 16.8 Å². The molecule has 0 aliphatic heterocycles. The Morgan fingerprint density at radius 3 is 2.79 bits per heavy atom. The predicted octanol–water partition coefficient (Wildman–Crippen LogP) is 4.40. The lowest BCUT2D eigenvalue weighted by Crippen LogP contribution is -2.04. The number of aromatic amines is 1. The summed E-state index contributed by atoms with van der Waals surface area (Å²) in [4.78, 5) is 12.7. The summed E-state index contributed by atoms with van der Waals surface area (Å²) in [5, 5.41) is 0. The fourth-order valence-corrected chi connectivity index (χ4v) is 5.75. The van der Waals surface area contributed by atoms with Crippen LogP contribution in [-0.2, 0) is 9.84 Å². The summed E-state index contributed by atoms with van der Waals surface area (Å²) in [6.07, 6.45) is 11.3. The van der Waals surface area contributed by atoms with Crippen LogP contribution >= 0.6 is 0 Å². The highest BCUT2D eigenvalue weighted by atomic mass is 32.2. The van der Waals surface area contributed by atoms with Crippen LogP contribution in [0.25, 0.3) is 16.8 Å². The molecule has 0 bridgehead atoms. The summed E-state index contributed by atoms with van der Waals surface area (Å²) >= 11 is 0. The van der Waals surface area contributed by atoms with Crippen LogP contribution < -0.4 is 0 Å². The molecule has 0 saturated heterocycles. The quantitative estimate of drug-likeness (QED) is 0.558. The Labute approximate surface area is 163 Å². The number of aryl methyl sites for hydroxylation is 1. The molecule has 6 nitrogen and oxygen atoms in total. The van der Waals surface area contributed by atoms with E-state index in [-0.39, 0.29) is 9.79 Å². The first kappa shape index (κ1) is 17.4. The Balaban J connectivity index is 1.71. The standard InChI is InChI=1S/C21H22N4O2S/c1-14-6-5-9-16(10-14)28(26,27)18-11-22-21-20(18)25-13-17(24-19(25)12-23-21)15-7-3-2-4-8-15/h5-6,9-13,15,22H,2-4,7-8H2,1H3. The molecule has 3 aromatic heterocycles. The second kappa shape index (κ2) is 6.44. The van der Waals surface area contributed by atoms with Gasteiger partial charge in [-0.15, -0.1) is 0 Å². The van der Waals surface area contributed by atoms with E-state index in [2.05, 4.69) is 9.97 Å². The summed E-state index contributed by atoms with van der Waals surface area (Å²) in [7, 11) is -3.67. The number of hydrogen-bond donors (Lipinski definition) is 1. The summed E-state index contributed by atoms with van der Waals surface area (Å²) in [6, 6.07) is 6.99. The molecular formula is C21H22N4O2S. The molecule has 0 spiro atoms. The largest absolute Gasteiger partial charge is 0.343 e. The van der Waals surface area contributed by atoms with E-state index in [1.54, 1.807) is 24.4 Å². The number of rotatable bonds is 3. The Hall–Kier alpha value is -2.67. The monoisotopic (exact) mass is 394 g/mol. The van der Waals surface area contributed by atoms with Gasteiger partial charge in [-0.05, 0) is 37.5 Å². The van der Waals surface area contributed by atoms with Crippen molar-refractivity contribution in [1.29, 1.82) is 0 Å². The second-order valence-corrected chi connectivity index (χ2v) is 9.58. The highest BCUT2D eigenvalue weighted by molar-refractivity contribution is 7.91. The molecule has 5 rings (SSSR count). The number of fused-ring (bicyclic) bond motifs is 3. The first-order valence-corrected chi connectivity index (χ1v) is 11.2. The number of H-pyrrole nitrogens is 1. The highest BCUT2D eigenvalue weighted by Gasteiger charge is 2.25. The summed E-state index contributed by atoms with van der Waals surface area (Å²) < 4.78 is 28.5. The van der Waals surface area contributed by atoms with Crippen molar-refractivity contribution in [2.24, 2.45) is 0 Å². The zero-order valence-electron chi connectivity index (χ0n) is 15.7. The van der Waals surface area contributed by atoms with Crippen molar-refractivity contribution in [3.63, 3.8) is 0 Å². The normalized spacial score (nSPS) is 16.2. The molecule has 7 heteroatoms. The summed E-state index contributed by atoms with van der Waals surface area (Å²) in [5.41, 5.74) is 3.74. The third kappa shape index (κ3) is 2.73. The van der Waals surface area contributed by atoms with Crippen molar-refractivity contribution < 1.29 is 8.42 Å². The lowest BCUT2D eigenvalue weighted by Gasteiger charge is -2.19. The van der Waals surface area contributed by atoms with Crippen molar-refractivity contribution in [3.05, 3.63) is 54.1 Å². The van der Waals surface area contributed by atoms with Crippen LogP contribution in [0.15, 0.2) is 52.6 Å². The van der Waals surface area contributed by atoms with Crippen LogP contribution in [0.4, 0.5) is 0 Å². The number of sulfone groups is 1. The lowest BCUT2D eigenvalue weighted by atomic mass is 9.87. The van der Waals surface area contributed by atoms with E-state index >= 15 is 0 Å². The molecule has 0 radical (unpaired) electrons.